The third-order valence-corrected chi connectivity index (χ3v) is 4.97. The molecule has 4 nitrogen and oxygen atoms in total. The summed E-state index contributed by atoms with van der Waals surface area (Å²) in [6.07, 6.45) is -3.77. The molecule has 3 rings (SSSR count). The zero-order valence-electron chi connectivity index (χ0n) is 13.9. The van der Waals surface area contributed by atoms with Gasteiger partial charge < -0.3 is 14.8 Å². The van der Waals surface area contributed by atoms with Crippen LogP contribution in [0.2, 0.25) is 5.02 Å². The Kier molecular flexibility index (Phi) is 6.06. The number of hydrogen-bond donors (Lipinski definition) is 1. The topological polar surface area (TPSA) is 47.6 Å². The van der Waals surface area contributed by atoms with E-state index in [2.05, 4.69) is 5.32 Å². The van der Waals surface area contributed by atoms with Crippen LogP contribution in [0.4, 0.5) is 18.9 Å². The van der Waals surface area contributed by atoms with Gasteiger partial charge in [-0.15, -0.1) is 11.8 Å². The number of carbonyl (C=O) groups excluding carboxylic acids is 1. The highest BCUT2D eigenvalue weighted by atomic mass is 35.5. The van der Waals surface area contributed by atoms with Gasteiger partial charge in [0.25, 0.3) is 0 Å². The van der Waals surface area contributed by atoms with Gasteiger partial charge in [0.1, 0.15) is 0 Å². The fraction of sp³-hybridized carbons (Fsp3) is 0.278. The molecule has 144 valence electrons. The predicted octanol–water partition coefficient (Wildman–Crippen LogP) is 5.25. The molecular formula is C18H15ClF3NO3S. The number of fused-ring (bicyclic) bond motifs is 1. The molecule has 1 heterocycles. The summed E-state index contributed by atoms with van der Waals surface area (Å²) in [6, 6.07) is 8.61. The first-order valence-corrected chi connectivity index (χ1v) is 9.38. The molecule has 0 unspecified atom stereocenters. The van der Waals surface area contributed by atoms with Crippen molar-refractivity contribution in [1.29, 1.82) is 0 Å². The third-order valence-electron chi connectivity index (χ3n) is 3.64. The monoisotopic (exact) mass is 417 g/mol. The summed E-state index contributed by atoms with van der Waals surface area (Å²) < 4.78 is 49.7. The van der Waals surface area contributed by atoms with Crippen LogP contribution < -0.4 is 14.8 Å². The number of amides is 1. The molecule has 1 N–H and O–H groups in total. The van der Waals surface area contributed by atoms with Crippen LogP contribution in [-0.4, -0.2) is 24.9 Å². The van der Waals surface area contributed by atoms with E-state index in [-0.39, 0.29) is 16.7 Å². The maximum atomic E-state index is 12.9. The standard InChI is InChI=1S/C18H15ClF3NO3S/c19-14-4-3-12(9-13(14)18(20,21)22)27-10-17(24)23-11-2-5-15-16(8-11)26-7-1-6-25-15/h2-5,8-9H,1,6-7,10H2,(H,23,24). The molecule has 0 aliphatic carbocycles. The first-order valence-electron chi connectivity index (χ1n) is 8.02. The highest BCUT2D eigenvalue weighted by Gasteiger charge is 2.33. The van der Waals surface area contributed by atoms with Crippen molar-refractivity contribution in [3.8, 4) is 11.5 Å². The summed E-state index contributed by atoms with van der Waals surface area (Å²) in [7, 11) is 0. The van der Waals surface area contributed by atoms with Gasteiger partial charge in [-0.05, 0) is 30.3 Å². The van der Waals surface area contributed by atoms with E-state index in [9.17, 15) is 18.0 Å². The van der Waals surface area contributed by atoms with E-state index >= 15 is 0 Å². The van der Waals surface area contributed by atoms with Gasteiger partial charge in [-0.2, -0.15) is 13.2 Å². The van der Waals surface area contributed by atoms with E-state index < -0.39 is 11.7 Å². The molecular weight excluding hydrogens is 403 g/mol. The Balaban J connectivity index is 1.61. The molecule has 0 atom stereocenters. The van der Waals surface area contributed by atoms with E-state index in [4.69, 9.17) is 21.1 Å². The van der Waals surface area contributed by atoms with E-state index in [0.29, 0.717) is 35.3 Å². The normalized spacial score (nSPS) is 13.8. The molecule has 0 spiro atoms. The van der Waals surface area contributed by atoms with Crippen LogP contribution in [0.25, 0.3) is 0 Å². The number of rotatable bonds is 4. The lowest BCUT2D eigenvalue weighted by Gasteiger charge is -2.12. The average molecular weight is 418 g/mol. The number of thioether (sulfide) groups is 1. The molecule has 0 radical (unpaired) electrons. The van der Waals surface area contributed by atoms with E-state index in [1.54, 1.807) is 18.2 Å². The van der Waals surface area contributed by atoms with Crippen LogP contribution in [0, 0.1) is 0 Å². The van der Waals surface area contributed by atoms with Crippen LogP contribution in [0.15, 0.2) is 41.3 Å². The summed E-state index contributed by atoms with van der Waals surface area (Å²) in [5, 5.41) is 2.32. The summed E-state index contributed by atoms with van der Waals surface area (Å²) in [4.78, 5) is 12.4. The van der Waals surface area contributed by atoms with Crippen molar-refractivity contribution in [2.24, 2.45) is 0 Å². The van der Waals surface area contributed by atoms with Gasteiger partial charge in [0.05, 0.1) is 29.6 Å². The molecule has 0 bridgehead atoms. The first-order chi connectivity index (χ1) is 12.8. The SMILES string of the molecule is O=C(CSc1ccc(Cl)c(C(F)(F)F)c1)Nc1ccc2c(c1)OCCCO2. The fourth-order valence-corrected chi connectivity index (χ4v) is 3.36. The van der Waals surface area contributed by atoms with Crippen LogP contribution in [-0.2, 0) is 11.0 Å². The lowest BCUT2D eigenvalue weighted by Crippen LogP contribution is -2.14. The van der Waals surface area contributed by atoms with Crippen molar-refractivity contribution >= 4 is 35.0 Å². The zero-order valence-corrected chi connectivity index (χ0v) is 15.5. The van der Waals surface area contributed by atoms with Crippen LogP contribution >= 0.6 is 23.4 Å². The molecule has 1 amide bonds. The number of halogens is 4. The molecule has 2 aromatic rings. The quantitative estimate of drug-likeness (QED) is 0.690. The minimum atomic E-state index is -4.54. The minimum absolute atomic E-state index is 0.0482. The molecule has 2 aromatic carbocycles. The van der Waals surface area contributed by atoms with Gasteiger partial charge in [-0.3, -0.25) is 4.79 Å². The molecule has 0 aromatic heterocycles. The lowest BCUT2D eigenvalue weighted by molar-refractivity contribution is -0.137. The lowest BCUT2D eigenvalue weighted by atomic mass is 10.2. The summed E-state index contributed by atoms with van der Waals surface area (Å²) in [5.74, 6) is 0.761. The molecule has 1 aliphatic rings. The Morgan fingerprint density at radius 1 is 1.11 bits per heavy atom. The Morgan fingerprint density at radius 3 is 2.59 bits per heavy atom. The molecule has 0 fully saturated rings. The van der Waals surface area contributed by atoms with Gasteiger partial charge in [0.15, 0.2) is 11.5 Å². The minimum Gasteiger partial charge on any atom is -0.490 e. The highest BCUT2D eigenvalue weighted by molar-refractivity contribution is 8.00. The van der Waals surface area contributed by atoms with Gasteiger partial charge in [0, 0.05) is 23.1 Å². The Bertz CT molecular complexity index is 845. The van der Waals surface area contributed by atoms with E-state index in [1.165, 1.54) is 12.1 Å². The van der Waals surface area contributed by atoms with Gasteiger partial charge in [0.2, 0.25) is 5.91 Å². The number of ether oxygens (including phenoxy) is 2. The predicted molar refractivity (Wildman–Crippen MR) is 97.9 cm³/mol. The van der Waals surface area contributed by atoms with Crippen molar-refractivity contribution in [2.45, 2.75) is 17.5 Å². The van der Waals surface area contributed by atoms with Gasteiger partial charge in [-0.25, -0.2) is 0 Å². The summed E-state index contributed by atoms with van der Waals surface area (Å²) >= 11 is 6.58. The van der Waals surface area contributed by atoms with Crippen LogP contribution in [0.1, 0.15) is 12.0 Å². The van der Waals surface area contributed by atoms with Crippen molar-refractivity contribution in [3.05, 3.63) is 47.0 Å². The maximum absolute atomic E-state index is 12.9. The second kappa shape index (κ2) is 8.31. The highest BCUT2D eigenvalue weighted by Crippen LogP contribution is 2.37. The largest absolute Gasteiger partial charge is 0.490 e. The number of anilines is 1. The number of hydrogen-bond acceptors (Lipinski definition) is 4. The molecule has 9 heteroatoms. The van der Waals surface area contributed by atoms with Gasteiger partial charge in [-0.1, -0.05) is 11.6 Å². The molecule has 0 saturated heterocycles. The molecule has 0 saturated carbocycles. The first kappa shape index (κ1) is 19.7. The van der Waals surface area contributed by atoms with E-state index in [1.807, 2.05) is 0 Å². The average Bonchev–Trinajstić information content (AvgIpc) is 2.85. The smallest absolute Gasteiger partial charge is 0.417 e. The summed E-state index contributed by atoms with van der Waals surface area (Å²) in [6.45, 7) is 1.09. The van der Waals surface area contributed by atoms with Crippen molar-refractivity contribution < 1.29 is 27.4 Å². The van der Waals surface area contributed by atoms with Crippen molar-refractivity contribution in [3.63, 3.8) is 0 Å². The number of benzene rings is 2. The Morgan fingerprint density at radius 2 is 1.85 bits per heavy atom. The summed E-state index contributed by atoms with van der Waals surface area (Å²) in [5.41, 5.74) is -0.394. The maximum Gasteiger partial charge on any atom is 0.417 e. The number of carbonyl (C=O) groups is 1. The second-order valence-electron chi connectivity index (χ2n) is 5.69. The Hall–Kier alpha value is -2.06. The van der Waals surface area contributed by atoms with Crippen molar-refractivity contribution in [1.82, 2.24) is 0 Å². The number of alkyl halides is 3. The van der Waals surface area contributed by atoms with Gasteiger partial charge >= 0.3 is 6.18 Å². The van der Waals surface area contributed by atoms with Crippen LogP contribution in [0.5, 0.6) is 11.5 Å². The fourth-order valence-electron chi connectivity index (χ4n) is 2.40. The van der Waals surface area contributed by atoms with Crippen molar-refractivity contribution in [2.75, 3.05) is 24.3 Å². The molecule has 1 aliphatic heterocycles. The third kappa shape index (κ3) is 5.23. The van der Waals surface area contributed by atoms with E-state index in [0.717, 1.165) is 24.2 Å². The zero-order chi connectivity index (χ0) is 19.4. The number of nitrogens with one attached hydrogen (secondary N) is 1. The Labute approximate surface area is 163 Å². The van der Waals surface area contributed by atoms with Crippen LogP contribution in [0.3, 0.4) is 0 Å². The molecule has 27 heavy (non-hydrogen) atoms. The second-order valence-corrected chi connectivity index (χ2v) is 7.14.